The molecule has 0 fully saturated rings. The van der Waals surface area contributed by atoms with E-state index in [-0.39, 0.29) is 5.97 Å². The van der Waals surface area contributed by atoms with Crippen LogP contribution in [0.3, 0.4) is 0 Å². The average Bonchev–Trinajstić information content (AvgIpc) is 2.50. The molecular weight excluding hydrogens is 284 g/mol. The first kappa shape index (κ1) is 15.5. The van der Waals surface area contributed by atoms with Gasteiger partial charge in [0.05, 0.1) is 12.7 Å². The monoisotopic (exact) mass is 302 g/mol. The average molecular weight is 302 g/mol. The van der Waals surface area contributed by atoms with Crippen LogP contribution in [0.5, 0.6) is 0 Å². The molecule has 0 aliphatic carbocycles. The maximum atomic E-state index is 11.7. The van der Waals surface area contributed by atoms with E-state index in [9.17, 15) is 4.79 Å². The van der Waals surface area contributed by atoms with E-state index in [1.165, 1.54) is 18.9 Å². The van der Waals surface area contributed by atoms with Crippen LogP contribution in [0, 0.1) is 20.8 Å². The van der Waals surface area contributed by atoms with E-state index in [1.54, 1.807) is 6.07 Å². The Morgan fingerprint density at radius 3 is 2.38 bits per heavy atom. The Morgan fingerprint density at radius 1 is 1.14 bits per heavy atom. The zero-order chi connectivity index (χ0) is 15.4. The first-order chi connectivity index (χ1) is 10.0. The molecule has 0 amide bonds. The van der Waals surface area contributed by atoms with Crippen LogP contribution in [-0.2, 0) is 10.5 Å². The number of hydrogen-bond donors (Lipinski definition) is 0. The number of carbonyl (C=O) groups excluding carboxylic acids is 1. The number of aryl methyl sites for hydroxylation is 2. The Bertz CT molecular complexity index is 648. The largest absolute Gasteiger partial charge is 0.465 e. The van der Waals surface area contributed by atoms with Crippen LogP contribution in [0.4, 0.5) is 0 Å². The summed E-state index contributed by atoms with van der Waals surface area (Å²) >= 11 is 1.52. The molecule has 0 aliphatic rings. The summed E-state index contributed by atoms with van der Waals surface area (Å²) in [5, 5.41) is 0.732. The lowest BCUT2D eigenvalue weighted by atomic mass is 10.1. The quantitative estimate of drug-likeness (QED) is 0.491. The summed E-state index contributed by atoms with van der Waals surface area (Å²) in [5.74, 6) is 0.316. The second-order valence-corrected chi connectivity index (χ2v) is 5.68. The molecule has 21 heavy (non-hydrogen) atoms. The van der Waals surface area contributed by atoms with Crippen molar-refractivity contribution in [1.82, 2.24) is 9.97 Å². The fraction of sp³-hybridized carbons (Fsp3) is 0.312. The normalized spacial score (nSPS) is 10.5. The Balaban J connectivity index is 2.19. The Labute approximate surface area is 129 Å². The summed E-state index contributed by atoms with van der Waals surface area (Å²) in [6.45, 7) is 5.98. The molecule has 5 heteroatoms. The zero-order valence-electron chi connectivity index (χ0n) is 12.6. The van der Waals surface area contributed by atoms with E-state index in [0.717, 1.165) is 27.7 Å². The van der Waals surface area contributed by atoms with E-state index in [0.29, 0.717) is 11.3 Å². The zero-order valence-corrected chi connectivity index (χ0v) is 13.5. The number of thioether (sulfide) groups is 1. The minimum Gasteiger partial charge on any atom is -0.465 e. The van der Waals surface area contributed by atoms with Crippen molar-refractivity contribution < 1.29 is 9.53 Å². The van der Waals surface area contributed by atoms with E-state index in [2.05, 4.69) is 9.97 Å². The van der Waals surface area contributed by atoms with Gasteiger partial charge in [0.1, 0.15) is 0 Å². The molecular formula is C16H18N2O2S. The number of hydrogen-bond acceptors (Lipinski definition) is 5. The van der Waals surface area contributed by atoms with Gasteiger partial charge < -0.3 is 4.74 Å². The predicted molar refractivity (Wildman–Crippen MR) is 83.6 cm³/mol. The van der Waals surface area contributed by atoms with Crippen LogP contribution >= 0.6 is 11.8 Å². The van der Waals surface area contributed by atoms with Gasteiger partial charge in [0.2, 0.25) is 0 Å². The van der Waals surface area contributed by atoms with E-state index >= 15 is 0 Å². The Hall–Kier alpha value is -1.88. The third kappa shape index (κ3) is 3.61. The van der Waals surface area contributed by atoms with Gasteiger partial charge in [-0.1, -0.05) is 30.0 Å². The Morgan fingerprint density at radius 2 is 1.76 bits per heavy atom. The number of methoxy groups -OCH3 is 1. The van der Waals surface area contributed by atoms with Crippen molar-refractivity contribution in [3.8, 4) is 0 Å². The molecule has 1 heterocycles. The van der Waals surface area contributed by atoms with E-state index < -0.39 is 0 Å². The Kier molecular flexibility index (Phi) is 4.96. The molecule has 0 aliphatic heterocycles. The first-order valence-electron chi connectivity index (χ1n) is 6.63. The van der Waals surface area contributed by atoms with Crippen LogP contribution in [0.15, 0.2) is 29.4 Å². The molecule has 0 unspecified atom stereocenters. The number of nitrogens with zero attached hydrogens (tertiary/aromatic N) is 2. The summed E-state index contributed by atoms with van der Waals surface area (Å²) < 4.78 is 4.80. The number of rotatable bonds is 4. The van der Waals surface area contributed by atoms with Crippen molar-refractivity contribution >= 4 is 17.7 Å². The topological polar surface area (TPSA) is 52.1 Å². The number of ether oxygens (including phenoxy) is 1. The van der Waals surface area contributed by atoms with Crippen LogP contribution in [0.1, 0.15) is 32.9 Å². The summed E-state index contributed by atoms with van der Waals surface area (Å²) in [6.07, 6.45) is 0. The van der Waals surface area contributed by atoms with E-state index in [1.807, 2.05) is 39.0 Å². The van der Waals surface area contributed by atoms with Crippen molar-refractivity contribution in [1.29, 1.82) is 0 Å². The van der Waals surface area contributed by atoms with Crippen molar-refractivity contribution in [2.75, 3.05) is 7.11 Å². The lowest BCUT2D eigenvalue weighted by Gasteiger charge is -2.09. The number of carbonyl (C=O) groups is 1. The maximum absolute atomic E-state index is 11.7. The summed E-state index contributed by atoms with van der Waals surface area (Å²) in [7, 11) is 1.39. The van der Waals surface area contributed by atoms with Gasteiger partial charge >= 0.3 is 5.97 Å². The van der Waals surface area contributed by atoms with Crippen molar-refractivity contribution in [3.63, 3.8) is 0 Å². The van der Waals surface area contributed by atoms with Gasteiger partial charge in [0, 0.05) is 17.1 Å². The van der Waals surface area contributed by atoms with Gasteiger partial charge in [-0.2, -0.15) is 0 Å². The fourth-order valence-electron chi connectivity index (χ4n) is 1.90. The highest BCUT2D eigenvalue weighted by Gasteiger charge is 2.12. The first-order valence-corrected chi connectivity index (χ1v) is 7.62. The third-order valence-corrected chi connectivity index (χ3v) is 4.29. The van der Waals surface area contributed by atoms with Crippen LogP contribution in [0.25, 0.3) is 0 Å². The summed E-state index contributed by atoms with van der Waals surface area (Å²) in [5.41, 5.74) is 4.62. The number of benzene rings is 1. The molecule has 0 atom stereocenters. The van der Waals surface area contributed by atoms with Gasteiger partial charge in [0.25, 0.3) is 0 Å². The molecule has 110 valence electrons. The second kappa shape index (κ2) is 6.72. The molecule has 0 spiro atoms. The lowest BCUT2D eigenvalue weighted by molar-refractivity contribution is 0.0600. The van der Waals surface area contributed by atoms with Gasteiger partial charge in [0.15, 0.2) is 5.16 Å². The van der Waals surface area contributed by atoms with Crippen molar-refractivity contribution in [2.45, 2.75) is 31.7 Å². The molecule has 2 aromatic rings. The van der Waals surface area contributed by atoms with Gasteiger partial charge in [-0.25, -0.2) is 14.8 Å². The van der Waals surface area contributed by atoms with Crippen LogP contribution < -0.4 is 0 Å². The highest BCUT2D eigenvalue weighted by atomic mass is 32.2. The minimum atomic E-state index is -0.316. The third-order valence-electron chi connectivity index (χ3n) is 3.39. The number of aromatic nitrogens is 2. The number of esters is 1. The lowest BCUT2D eigenvalue weighted by Crippen LogP contribution is -2.05. The molecule has 1 aromatic carbocycles. The smallest absolute Gasteiger partial charge is 0.338 e. The molecule has 0 radical (unpaired) electrons. The highest BCUT2D eigenvalue weighted by Crippen LogP contribution is 2.23. The molecule has 4 nitrogen and oxygen atoms in total. The van der Waals surface area contributed by atoms with Gasteiger partial charge in [-0.15, -0.1) is 0 Å². The highest BCUT2D eigenvalue weighted by molar-refractivity contribution is 7.98. The maximum Gasteiger partial charge on any atom is 0.338 e. The summed E-state index contributed by atoms with van der Waals surface area (Å²) in [6, 6.07) is 7.44. The van der Waals surface area contributed by atoms with Crippen LogP contribution in [-0.4, -0.2) is 23.0 Å². The molecule has 2 rings (SSSR count). The molecule has 0 saturated carbocycles. The minimum absolute atomic E-state index is 0.316. The molecule has 0 N–H and O–H groups in total. The predicted octanol–water partition coefficient (Wildman–Crippen LogP) is 3.48. The second-order valence-electron chi connectivity index (χ2n) is 4.74. The molecule has 1 aromatic heterocycles. The standard InChI is InChI=1S/C16H18N2O2S/c1-10-11(2)17-16(18-12(10)3)21-9-13-7-5-6-8-14(13)15(19)20-4/h5-8H,9H2,1-4H3. The summed E-state index contributed by atoms with van der Waals surface area (Å²) in [4.78, 5) is 20.7. The molecule has 0 bridgehead atoms. The van der Waals surface area contributed by atoms with Crippen molar-refractivity contribution in [2.24, 2.45) is 0 Å². The van der Waals surface area contributed by atoms with Crippen LogP contribution in [0.2, 0.25) is 0 Å². The molecule has 0 saturated heterocycles. The van der Waals surface area contributed by atoms with Gasteiger partial charge in [-0.3, -0.25) is 0 Å². The SMILES string of the molecule is COC(=O)c1ccccc1CSc1nc(C)c(C)c(C)n1. The fourth-order valence-corrected chi connectivity index (χ4v) is 2.84. The van der Waals surface area contributed by atoms with E-state index in [4.69, 9.17) is 4.74 Å². The van der Waals surface area contributed by atoms with Crippen molar-refractivity contribution in [3.05, 3.63) is 52.3 Å². The van der Waals surface area contributed by atoms with Gasteiger partial charge in [-0.05, 0) is 38.0 Å².